The van der Waals surface area contributed by atoms with E-state index in [2.05, 4.69) is 19.2 Å². The molecular formula is C20H32N2O3S. The fourth-order valence-electron chi connectivity index (χ4n) is 3.40. The van der Waals surface area contributed by atoms with Gasteiger partial charge in [-0.15, -0.1) is 0 Å². The largest absolute Gasteiger partial charge is 0.352 e. The van der Waals surface area contributed by atoms with Gasteiger partial charge in [-0.3, -0.25) is 4.79 Å². The van der Waals surface area contributed by atoms with E-state index in [0.29, 0.717) is 18.0 Å². The van der Waals surface area contributed by atoms with Crippen LogP contribution in [0.4, 0.5) is 0 Å². The number of carbonyl (C=O) groups excluding carboxylic acids is 1. The Bertz CT molecular complexity index is 678. The molecule has 1 saturated carbocycles. The Morgan fingerprint density at radius 3 is 2.35 bits per heavy atom. The van der Waals surface area contributed by atoms with Gasteiger partial charge in [0.05, 0.1) is 4.90 Å². The van der Waals surface area contributed by atoms with Gasteiger partial charge in [0.1, 0.15) is 0 Å². The quantitative estimate of drug-likeness (QED) is 0.698. The minimum absolute atomic E-state index is 0.0812. The standard InChI is InChI=1S/C20H32N2O3S/c1-16(2)8-7-15-21-20(23)17-11-13-19(14-12-17)26(24,25)22(3)18-9-5-4-6-10-18/h11-14,16,18H,4-10,15H2,1-3H3,(H,21,23). The molecule has 0 heterocycles. The number of benzene rings is 1. The highest BCUT2D eigenvalue weighted by molar-refractivity contribution is 7.89. The molecule has 1 aromatic carbocycles. The third-order valence-electron chi connectivity index (χ3n) is 5.13. The van der Waals surface area contributed by atoms with Gasteiger partial charge in [0, 0.05) is 25.2 Å². The van der Waals surface area contributed by atoms with Crippen molar-refractivity contribution >= 4 is 15.9 Å². The summed E-state index contributed by atoms with van der Waals surface area (Å²) in [5, 5.41) is 2.89. The predicted octanol–water partition coefficient (Wildman–Crippen LogP) is 3.81. The van der Waals surface area contributed by atoms with E-state index >= 15 is 0 Å². The molecule has 1 N–H and O–H groups in total. The van der Waals surface area contributed by atoms with Crippen LogP contribution >= 0.6 is 0 Å². The monoisotopic (exact) mass is 380 g/mol. The second-order valence-electron chi connectivity index (χ2n) is 7.63. The highest BCUT2D eigenvalue weighted by Crippen LogP contribution is 2.26. The molecule has 26 heavy (non-hydrogen) atoms. The SMILES string of the molecule is CC(C)CCCNC(=O)c1ccc(S(=O)(=O)N(C)C2CCCCC2)cc1. The molecular weight excluding hydrogens is 348 g/mol. The average Bonchev–Trinajstić information content (AvgIpc) is 2.65. The molecule has 0 spiro atoms. The van der Waals surface area contributed by atoms with E-state index in [9.17, 15) is 13.2 Å². The lowest BCUT2D eigenvalue weighted by Gasteiger charge is -2.30. The first kappa shape index (κ1) is 20.9. The fourth-order valence-corrected chi connectivity index (χ4v) is 4.82. The van der Waals surface area contributed by atoms with Crippen LogP contribution in [-0.2, 0) is 10.0 Å². The second kappa shape index (κ2) is 9.51. The van der Waals surface area contributed by atoms with E-state index in [1.54, 1.807) is 19.2 Å². The molecule has 146 valence electrons. The van der Waals surface area contributed by atoms with Gasteiger partial charge in [-0.2, -0.15) is 4.31 Å². The van der Waals surface area contributed by atoms with Crippen LogP contribution in [0.5, 0.6) is 0 Å². The summed E-state index contributed by atoms with van der Waals surface area (Å²) in [7, 11) is -1.84. The zero-order chi connectivity index (χ0) is 19.2. The number of rotatable bonds is 8. The molecule has 6 heteroatoms. The van der Waals surface area contributed by atoms with Crippen molar-refractivity contribution in [2.24, 2.45) is 5.92 Å². The van der Waals surface area contributed by atoms with E-state index in [0.717, 1.165) is 38.5 Å². The van der Waals surface area contributed by atoms with E-state index in [4.69, 9.17) is 0 Å². The van der Waals surface area contributed by atoms with Crippen molar-refractivity contribution in [1.29, 1.82) is 0 Å². The van der Waals surface area contributed by atoms with Gasteiger partial charge in [0.15, 0.2) is 0 Å². The Balaban J connectivity index is 1.97. The summed E-state index contributed by atoms with van der Waals surface area (Å²) in [5.41, 5.74) is 0.494. The van der Waals surface area contributed by atoms with Crippen molar-refractivity contribution in [3.63, 3.8) is 0 Å². The van der Waals surface area contributed by atoms with Gasteiger partial charge in [-0.05, 0) is 55.9 Å². The lowest BCUT2D eigenvalue weighted by molar-refractivity contribution is 0.0952. The predicted molar refractivity (Wildman–Crippen MR) is 105 cm³/mol. The summed E-state index contributed by atoms with van der Waals surface area (Å²) in [6.45, 7) is 4.96. The average molecular weight is 381 g/mol. The van der Waals surface area contributed by atoms with Crippen molar-refractivity contribution in [2.75, 3.05) is 13.6 Å². The van der Waals surface area contributed by atoms with Crippen LogP contribution in [0.1, 0.15) is 69.2 Å². The second-order valence-corrected chi connectivity index (χ2v) is 9.63. The van der Waals surface area contributed by atoms with E-state index in [1.165, 1.54) is 22.9 Å². The Morgan fingerprint density at radius 1 is 1.15 bits per heavy atom. The van der Waals surface area contributed by atoms with E-state index in [-0.39, 0.29) is 16.8 Å². The first-order valence-corrected chi connectivity index (χ1v) is 11.1. The zero-order valence-corrected chi connectivity index (χ0v) is 17.0. The fraction of sp³-hybridized carbons (Fsp3) is 0.650. The minimum atomic E-state index is -3.51. The van der Waals surface area contributed by atoms with Gasteiger partial charge in [0.2, 0.25) is 10.0 Å². The van der Waals surface area contributed by atoms with Crippen LogP contribution < -0.4 is 5.32 Å². The number of nitrogens with one attached hydrogen (secondary N) is 1. The topological polar surface area (TPSA) is 66.5 Å². The maximum absolute atomic E-state index is 12.8. The number of carbonyl (C=O) groups is 1. The molecule has 0 aliphatic heterocycles. The molecule has 0 saturated heterocycles. The summed E-state index contributed by atoms with van der Waals surface area (Å²) in [4.78, 5) is 12.4. The Morgan fingerprint density at radius 2 is 1.77 bits per heavy atom. The molecule has 0 aromatic heterocycles. The number of nitrogens with zero attached hydrogens (tertiary/aromatic N) is 1. The van der Waals surface area contributed by atoms with E-state index < -0.39 is 10.0 Å². The van der Waals surface area contributed by atoms with Crippen molar-refractivity contribution in [3.05, 3.63) is 29.8 Å². The van der Waals surface area contributed by atoms with E-state index in [1.807, 2.05) is 0 Å². The molecule has 0 radical (unpaired) electrons. The Labute approximate surface area is 158 Å². The minimum Gasteiger partial charge on any atom is -0.352 e. The summed E-state index contributed by atoms with van der Waals surface area (Å²) in [6, 6.07) is 6.35. The molecule has 1 aromatic rings. The lowest BCUT2D eigenvalue weighted by Crippen LogP contribution is -2.38. The first-order valence-electron chi connectivity index (χ1n) is 9.68. The van der Waals surface area contributed by atoms with Gasteiger partial charge in [-0.1, -0.05) is 33.1 Å². The summed E-state index contributed by atoms with van der Waals surface area (Å²) in [5.74, 6) is 0.468. The molecule has 5 nitrogen and oxygen atoms in total. The maximum Gasteiger partial charge on any atom is 0.251 e. The third-order valence-corrected chi connectivity index (χ3v) is 7.05. The highest BCUT2D eigenvalue weighted by atomic mass is 32.2. The maximum atomic E-state index is 12.8. The van der Waals surface area contributed by atoms with Crippen molar-refractivity contribution < 1.29 is 13.2 Å². The zero-order valence-electron chi connectivity index (χ0n) is 16.2. The van der Waals surface area contributed by atoms with Crippen LogP contribution in [-0.4, -0.2) is 38.3 Å². The normalized spacial score (nSPS) is 16.2. The lowest BCUT2D eigenvalue weighted by atomic mass is 9.96. The van der Waals surface area contributed by atoms with Crippen LogP contribution in [0.15, 0.2) is 29.2 Å². The molecule has 1 aliphatic carbocycles. The third kappa shape index (κ3) is 5.55. The summed E-state index contributed by atoms with van der Waals surface area (Å²) >= 11 is 0. The smallest absolute Gasteiger partial charge is 0.251 e. The van der Waals surface area contributed by atoms with Crippen LogP contribution in [0, 0.1) is 5.92 Å². The van der Waals surface area contributed by atoms with Crippen molar-refractivity contribution in [3.8, 4) is 0 Å². The van der Waals surface area contributed by atoms with Crippen LogP contribution in [0.3, 0.4) is 0 Å². The summed E-state index contributed by atoms with van der Waals surface area (Å²) in [6.07, 6.45) is 7.22. The molecule has 1 aliphatic rings. The first-order chi connectivity index (χ1) is 12.3. The number of hydrogen-bond acceptors (Lipinski definition) is 3. The van der Waals surface area contributed by atoms with Gasteiger partial charge in [0.25, 0.3) is 5.91 Å². The van der Waals surface area contributed by atoms with Gasteiger partial charge >= 0.3 is 0 Å². The number of hydrogen-bond donors (Lipinski definition) is 1. The van der Waals surface area contributed by atoms with Crippen molar-refractivity contribution in [1.82, 2.24) is 9.62 Å². The molecule has 0 atom stereocenters. The highest BCUT2D eigenvalue weighted by Gasteiger charge is 2.29. The summed E-state index contributed by atoms with van der Waals surface area (Å²) < 4.78 is 27.1. The van der Waals surface area contributed by atoms with Crippen LogP contribution in [0.2, 0.25) is 0 Å². The van der Waals surface area contributed by atoms with Gasteiger partial charge < -0.3 is 5.32 Å². The molecule has 1 amide bonds. The van der Waals surface area contributed by atoms with Crippen molar-refractivity contribution in [2.45, 2.75) is 69.7 Å². The number of sulfonamides is 1. The van der Waals surface area contributed by atoms with Crippen LogP contribution in [0.25, 0.3) is 0 Å². The van der Waals surface area contributed by atoms with Gasteiger partial charge in [-0.25, -0.2) is 8.42 Å². The number of amides is 1. The Kier molecular flexibility index (Phi) is 7.65. The molecule has 0 unspecified atom stereocenters. The molecule has 2 rings (SSSR count). The molecule has 0 bridgehead atoms. The molecule has 1 fully saturated rings. The Hall–Kier alpha value is -1.40.